The molecule has 1 amide bonds. The Hall–Kier alpha value is -2.02. The van der Waals surface area contributed by atoms with Gasteiger partial charge in [0.25, 0.3) is 0 Å². The normalized spacial score (nSPS) is 18.0. The van der Waals surface area contributed by atoms with Crippen LogP contribution in [0.3, 0.4) is 0 Å². The number of para-hydroxylation sites is 2. The highest BCUT2D eigenvalue weighted by Gasteiger charge is 2.33. The fraction of sp³-hybridized carbons (Fsp3) is 0.400. The van der Waals surface area contributed by atoms with E-state index >= 15 is 0 Å². The Bertz CT molecular complexity index is 667. The molecule has 0 saturated carbocycles. The first-order valence-corrected chi connectivity index (χ1v) is 8.34. The van der Waals surface area contributed by atoms with Crippen LogP contribution < -0.4 is 0 Å². The second-order valence-electron chi connectivity index (χ2n) is 5.28. The van der Waals surface area contributed by atoms with Gasteiger partial charge < -0.3 is 15.0 Å². The van der Waals surface area contributed by atoms with Gasteiger partial charge in [0.2, 0.25) is 5.91 Å². The van der Waals surface area contributed by atoms with Gasteiger partial charge in [-0.25, -0.2) is 9.78 Å². The van der Waals surface area contributed by atoms with Crippen molar-refractivity contribution >= 4 is 34.7 Å². The number of rotatable bonds is 5. The Morgan fingerprint density at radius 3 is 3.00 bits per heavy atom. The quantitative estimate of drug-likeness (QED) is 0.878. The van der Waals surface area contributed by atoms with Crippen LogP contribution in [0.15, 0.2) is 24.3 Å². The molecule has 2 N–H and O–H groups in total. The SMILES string of the molecule is O=C(O)[C@@H]1CCCN1C(=O)CSCc1nc2ccccc2[nH]1. The van der Waals surface area contributed by atoms with Gasteiger partial charge in [0.1, 0.15) is 11.9 Å². The molecule has 6 nitrogen and oxygen atoms in total. The van der Waals surface area contributed by atoms with Gasteiger partial charge in [-0.3, -0.25) is 4.79 Å². The van der Waals surface area contributed by atoms with Gasteiger partial charge in [0.15, 0.2) is 0 Å². The molecule has 1 saturated heterocycles. The lowest BCUT2D eigenvalue weighted by Gasteiger charge is -2.21. The standard InChI is InChI=1S/C15H17N3O3S/c19-14(18-7-3-6-12(18)15(20)21)9-22-8-13-16-10-4-1-2-5-11(10)17-13/h1-2,4-5,12H,3,6-9H2,(H,16,17)(H,20,21)/t12-/m0/s1. The number of nitrogens with zero attached hydrogens (tertiary/aromatic N) is 2. The largest absolute Gasteiger partial charge is 0.480 e. The van der Waals surface area contributed by atoms with Crippen LogP contribution in [-0.4, -0.2) is 50.2 Å². The first kappa shape index (κ1) is 14.9. The fourth-order valence-electron chi connectivity index (χ4n) is 2.71. The van der Waals surface area contributed by atoms with Crippen LogP contribution in [0.5, 0.6) is 0 Å². The van der Waals surface area contributed by atoms with Crippen molar-refractivity contribution in [3.63, 3.8) is 0 Å². The molecule has 0 unspecified atom stereocenters. The third kappa shape index (κ3) is 3.09. The number of thioether (sulfide) groups is 1. The third-order valence-electron chi connectivity index (χ3n) is 3.76. The number of carbonyl (C=O) groups is 2. The minimum absolute atomic E-state index is 0.106. The van der Waals surface area contributed by atoms with Crippen LogP contribution in [0.1, 0.15) is 18.7 Å². The first-order valence-electron chi connectivity index (χ1n) is 7.19. The lowest BCUT2D eigenvalue weighted by atomic mass is 10.2. The van der Waals surface area contributed by atoms with Crippen molar-refractivity contribution in [2.24, 2.45) is 0 Å². The smallest absolute Gasteiger partial charge is 0.326 e. The molecule has 1 aliphatic heterocycles. The number of aromatic nitrogens is 2. The summed E-state index contributed by atoms with van der Waals surface area (Å²) >= 11 is 1.45. The van der Waals surface area contributed by atoms with Crippen molar-refractivity contribution < 1.29 is 14.7 Å². The van der Waals surface area contributed by atoms with E-state index in [1.807, 2.05) is 24.3 Å². The number of carbonyl (C=O) groups excluding carboxylic acids is 1. The van der Waals surface area contributed by atoms with E-state index in [9.17, 15) is 9.59 Å². The second-order valence-corrected chi connectivity index (χ2v) is 6.26. The number of fused-ring (bicyclic) bond motifs is 1. The summed E-state index contributed by atoms with van der Waals surface area (Å²) in [6.45, 7) is 0.543. The molecule has 0 radical (unpaired) electrons. The lowest BCUT2D eigenvalue weighted by Crippen LogP contribution is -2.41. The molecule has 22 heavy (non-hydrogen) atoms. The van der Waals surface area contributed by atoms with Gasteiger partial charge in [-0.15, -0.1) is 11.8 Å². The fourth-order valence-corrected chi connectivity index (χ4v) is 3.49. The maximum Gasteiger partial charge on any atom is 0.326 e. The van der Waals surface area contributed by atoms with Gasteiger partial charge in [0.05, 0.1) is 22.5 Å². The number of H-pyrrole nitrogens is 1. The predicted molar refractivity (Wildman–Crippen MR) is 84.6 cm³/mol. The molecule has 1 aromatic heterocycles. The average molecular weight is 319 g/mol. The van der Waals surface area contributed by atoms with Crippen molar-refractivity contribution in [1.82, 2.24) is 14.9 Å². The second kappa shape index (κ2) is 6.39. The molecule has 116 valence electrons. The monoisotopic (exact) mass is 319 g/mol. The molecule has 1 aliphatic rings. The number of carboxylic acids is 1. The third-order valence-corrected chi connectivity index (χ3v) is 4.69. The summed E-state index contributed by atoms with van der Waals surface area (Å²) in [5, 5.41) is 9.10. The van der Waals surface area contributed by atoms with Gasteiger partial charge in [0, 0.05) is 6.54 Å². The molecule has 2 heterocycles. The number of hydrogen-bond acceptors (Lipinski definition) is 4. The molecule has 0 aliphatic carbocycles. The lowest BCUT2D eigenvalue weighted by molar-refractivity contribution is -0.147. The van der Waals surface area contributed by atoms with E-state index < -0.39 is 12.0 Å². The van der Waals surface area contributed by atoms with Crippen LogP contribution in [0.25, 0.3) is 11.0 Å². The van der Waals surface area contributed by atoms with E-state index in [-0.39, 0.29) is 11.7 Å². The first-order chi connectivity index (χ1) is 10.6. The number of aliphatic carboxylic acids is 1. The predicted octanol–water partition coefficient (Wildman–Crippen LogP) is 1.87. The summed E-state index contributed by atoms with van der Waals surface area (Å²) in [6.07, 6.45) is 1.31. The number of amides is 1. The Morgan fingerprint density at radius 2 is 2.23 bits per heavy atom. The molecule has 3 rings (SSSR count). The molecule has 0 bridgehead atoms. The Morgan fingerprint density at radius 1 is 1.41 bits per heavy atom. The Kier molecular flexibility index (Phi) is 4.33. The maximum atomic E-state index is 12.1. The number of aromatic amines is 1. The van der Waals surface area contributed by atoms with Gasteiger partial charge >= 0.3 is 5.97 Å². The van der Waals surface area contributed by atoms with Crippen LogP contribution in [0.2, 0.25) is 0 Å². The van der Waals surface area contributed by atoms with Gasteiger partial charge in [-0.05, 0) is 25.0 Å². The Balaban J connectivity index is 1.54. The molecular formula is C15H17N3O3S. The molecule has 1 aromatic carbocycles. The Labute approximate surface area is 131 Å². The highest BCUT2D eigenvalue weighted by molar-refractivity contribution is 7.99. The number of imidazole rings is 1. The minimum Gasteiger partial charge on any atom is -0.480 e. The molecule has 1 fully saturated rings. The summed E-state index contributed by atoms with van der Waals surface area (Å²) < 4.78 is 0. The summed E-state index contributed by atoms with van der Waals surface area (Å²) in [7, 11) is 0. The van der Waals surface area contributed by atoms with E-state index in [1.165, 1.54) is 16.7 Å². The van der Waals surface area contributed by atoms with Crippen LogP contribution in [0, 0.1) is 0 Å². The summed E-state index contributed by atoms with van der Waals surface area (Å²) in [5.74, 6) is 0.696. The van der Waals surface area contributed by atoms with E-state index in [0.717, 1.165) is 23.3 Å². The van der Waals surface area contributed by atoms with Crippen LogP contribution >= 0.6 is 11.8 Å². The van der Waals surface area contributed by atoms with Crippen molar-refractivity contribution in [3.05, 3.63) is 30.1 Å². The highest BCUT2D eigenvalue weighted by Crippen LogP contribution is 2.20. The molecule has 1 atom stereocenters. The van der Waals surface area contributed by atoms with Crippen LogP contribution in [-0.2, 0) is 15.3 Å². The summed E-state index contributed by atoms with van der Waals surface area (Å²) in [4.78, 5) is 32.4. The van der Waals surface area contributed by atoms with E-state index in [0.29, 0.717) is 18.7 Å². The van der Waals surface area contributed by atoms with Gasteiger partial charge in [-0.2, -0.15) is 0 Å². The van der Waals surface area contributed by atoms with Crippen LogP contribution in [0.4, 0.5) is 0 Å². The zero-order valence-electron chi connectivity index (χ0n) is 12.0. The number of likely N-dealkylation sites (tertiary alicyclic amines) is 1. The molecule has 7 heteroatoms. The minimum atomic E-state index is -0.909. The zero-order chi connectivity index (χ0) is 15.5. The number of hydrogen-bond donors (Lipinski definition) is 2. The highest BCUT2D eigenvalue weighted by atomic mass is 32.2. The van der Waals surface area contributed by atoms with Crippen molar-refractivity contribution in [3.8, 4) is 0 Å². The van der Waals surface area contributed by atoms with E-state index in [4.69, 9.17) is 5.11 Å². The van der Waals surface area contributed by atoms with Crippen molar-refractivity contribution in [2.45, 2.75) is 24.6 Å². The molecule has 2 aromatic rings. The van der Waals surface area contributed by atoms with E-state index in [1.54, 1.807) is 0 Å². The molecular weight excluding hydrogens is 302 g/mol. The average Bonchev–Trinajstić information content (AvgIpc) is 3.13. The topological polar surface area (TPSA) is 86.3 Å². The number of benzene rings is 1. The zero-order valence-corrected chi connectivity index (χ0v) is 12.8. The summed E-state index contributed by atoms with van der Waals surface area (Å²) in [5.41, 5.74) is 1.89. The van der Waals surface area contributed by atoms with Crippen molar-refractivity contribution in [1.29, 1.82) is 0 Å². The van der Waals surface area contributed by atoms with E-state index in [2.05, 4.69) is 9.97 Å². The summed E-state index contributed by atoms with van der Waals surface area (Å²) in [6, 6.07) is 7.12. The number of carboxylic acid groups (broad SMARTS) is 1. The van der Waals surface area contributed by atoms with Gasteiger partial charge in [-0.1, -0.05) is 12.1 Å². The number of nitrogens with one attached hydrogen (secondary N) is 1. The van der Waals surface area contributed by atoms with Crippen molar-refractivity contribution in [2.75, 3.05) is 12.3 Å². The molecule has 0 spiro atoms. The maximum absolute atomic E-state index is 12.1.